The van der Waals surface area contributed by atoms with Crippen molar-refractivity contribution in [2.24, 2.45) is 5.73 Å². The van der Waals surface area contributed by atoms with Crippen molar-refractivity contribution in [2.75, 3.05) is 33.7 Å². The lowest BCUT2D eigenvalue weighted by atomic mass is 10.1. The van der Waals surface area contributed by atoms with Gasteiger partial charge in [0.2, 0.25) is 5.91 Å². The van der Waals surface area contributed by atoms with E-state index in [0.29, 0.717) is 19.1 Å². The molecule has 0 heterocycles. The third kappa shape index (κ3) is 5.14. The van der Waals surface area contributed by atoms with E-state index in [9.17, 15) is 4.79 Å². The summed E-state index contributed by atoms with van der Waals surface area (Å²) in [7, 11) is 3.58. The fourth-order valence-electron chi connectivity index (χ4n) is 1.68. The second-order valence-corrected chi connectivity index (χ2v) is 4.02. The van der Waals surface area contributed by atoms with Gasteiger partial charge in [-0.15, -0.1) is 0 Å². The van der Waals surface area contributed by atoms with Crippen molar-refractivity contribution >= 4 is 5.91 Å². The van der Waals surface area contributed by atoms with E-state index in [1.807, 2.05) is 0 Å². The zero-order chi connectivity index (χ0) is 11.8. The van der Waals surface area contributed by atoms with Crippen LogP contribution < -0.4 is 5.73 Å². The predicted octanol–water partition coefficient (Wildman–Crippen LogP) is 0.524. The van der Waals surface area contributed by atoms with Crippen molar-refractivity contribution < 1.29 is 4.79 Å². The molecule has 0 bridgehead atoms. The molecule has 0 aromatic heterocycles. The summed E-state index contributed by atoms with van der Waals surface area (Å²) in [6.45, 7) is 6.19. The van der Waals surface area contributed by atoms with Crippen LogP contribution in [0.2, 0.25) is 0 Å². The van der Waals surface area contributed by atoms with Gasteiger partial charge in [-0.1, -0.05) is 13.8 Å². The molecule has 0 unspecified atom stereocenters. The molecule has 4 nitrogen and oxygen atoms in total. The van der Waals surface area contributed by atoms with Gasteiger partial charge >= 0.3 is 0 Å². The van der Waals surface area contributed by atoms with Crippen LogP contribution in [0.25, 0.3) is 0 Å². The van der Waals surface area contributed by atoms with E-state index < -0.39 is 0 Å². The lowest BCUT2D eigenvalue weighted by Gasteiger charge is -2.30. The highest BCUT2D eigenvalue weighted by atomic mass is 16.2. The molecule has 1 amide bonds. The van der Waals surface area contributed by atoms with Crippen LogP contribution in [0.3, 0.4) is 0 Å². The Morgan fingerprint density at radius 2 is 1.80 bits per heavy atom. The van der Waals surface area contributed by atoms with Crippen LogP contribution in [0.1, 0.15) is 26.7 Å². The summed E-state index contributed by atoms with van der Waals surface area (Å²) in [5.41, 5.74) is 5.56. The first kappa shape index (κ1) is 14.4. The third-order valence-corrected chi connectivity index (χ3v) is 2.71. The van der Waals surface area contributed by atoms with Crippen molar-refractivity contribution in [3.05, 3.63) is 0 Å². The lowest BCUT2D eigenvalue weighted by molar-refractivity contribution is -0.130. The van der Waals surface area contributed by atoms with Gasteiger partial charge in [0.1, 0.15) is 0 Å². The molecule has 2 N–H and O–H groups in total. The van der Waals surface area contributed by atoms with E-state index in [4.69, 9.17) is 5.73 Å². The Hall–Kier alpha value is -0.610. The lowest BCUT2D eigenvalue weighted by Crippen LogP contribution is -2.44. The van der Waals surface area contributed by atoms with Gasteiger partial charge in [-0.25, -0.2) is 0 Å². The highest BCUT2D eigenvalue weighted by molar-refractivity contribution is 5.77. The zero-order valence-corrected chi connectivity index (χ0v) is 10.5. The number of carbonyl (C=O) groups excluding carboxylic acids is 1. The summed E-state index contributed by atoms with van der Waals surface area (Å²) in [6.07, 6.45) is 2.13. The molecule has 90 valence electrons. The topological polar surface area (TPSA) is 49.6 Å². The monoisotopic (exact) mass is 215 g/mol. The van der Waals surface area contributed by atoms with Gasteiger partial charge in [-0.3, -0.25) is 9.69 Å². The van der Waals surface area contributed by atoms with Crippen molar-refractivity contribution in [3.63, 3.8) is 0 Å². The van der Waals surface area contributed by atoms with Crippen LogP contribution in [0, 0.1) is 0 Å². The Morgan fingerprint density at radius 3 is 2.13 bits per heavy atom. The molecule has 0 aliphatic rings. The first-order chi connectivity index (χ1) is 7.06. The summed E-state index contributed by atoms with van der Waals surface area (Å²) in [5.74, 6) is 0.148. The molecule has 0 rings (SSSR count). The Labute approximate surface area is 93.4 Å². The first-order valence-corrected chi connectivity index (χ1v) is 5.71. The molecule has 15 heavy (non-hydrogen) atoms. The third-order valence-electron chi connectivity index (χ3n) is 2.71. The van der Waals surface area contributed by atoms with Gasteiger partial charge in [-0.2, -0.15) is 0 Å². The number of carbonyl (C=O) groups is 1. The number of hydrogen-bond donors (Lipinski definition) is 1. The maximum absolute atomic E-state index is 11.6. The molecule has 0 aliphatic carbocycles. The maximum Gasteiger partial charge on any atom is 0.236 e. The van der Waals surface area contributed by atoms with Crippen molar-refractivity contribution in [2.45, 2.75) is 32.7 Å². The molecule has 0 aromatic rings. The average Bonchev–Trinajstić information content (AvgIpc) is 2.19. The van der Waals surface area contributed by atoms with E-state index in [1.165, 1.54) is 0 Å². The molecule has 0 spiro atoms. The van der Waals surface area contributed by atoms with Gasteiger partial charge in [0.15, 0.2) is 0 Å². The molecule has 0 aliphatic heterocycles. The molecule has 0 atom stereocenters. The Balaban J connectivity index is 4.31. The van der Waals surface area contributed by atoms with Crippen LogP contribution >= 0.6 is 0 Å². The number of nitrogens with zero attached hydrogens (tertiary/aromatic N) is 2. The number of rotatable bonds is 7. The first-order valence-electron chi connectivity index (χ1n) is 5.71. The van der Waals surface area contributed by atoms with E-state index in [1.54, 1.807) is 19.0 Å². The molecule has 0 saturated heterocycles. The summed E-state index contributed by atoms with van der Waals surface area (Å²) in [6, 6.07) is 0.470. The predicted molar refractivity (Wildman–Crippen MR) is 63.7 cm³/mol. The Kier molecular flexibility index (Phi) is 7.34. The Morgan fingerprint density at radius 1 is 1.27 bits per heavy atom. The number of nitrogens with two attached hydrogens (primary N) is 1. The van der Waals surface area contributed by atoms with Gasteiger partial charge < -0.3 is 10.6 Å². The van der Waals surface area contributed by atoms with E-state index in [0.717, 1.165) is 19.4 Å². The fraction of sp³-hybridized carbons (Fsp3) is 0.909. The van der Waals surface area contributed by atoms with Gasteiger partial charge in [0, 0.05) is 33.2 Å². The van der Waals surface area contributed by atoms with Crippen molar-refractivity contribution in [3.8, 4) is 0 Å². The largest absolute Gasteiger partial charge is 0.348 e. The Bertz CT molecular complexity index is 179. The molecule has 4 heteroatoms. The van der Waals surface area contributed by atoms with Crippen molar-refractivity contribution in [1.82, 2.24) is 9.80 Å². The molecule has 0 fully saturated rings. The zero-order valence-electron chi connectivity index (χ0n) is 10.5. The van der Waals surface area contributed by atoms with Gasteiger partial charge in [0.25, 0.3) is 0 Å². The van der Waals surface area contributed by atoms with Crippen LogP contribution in [0.5, 0.6) is 0 Å². The van der Waals surface area contributed by atoms with Crippen molar-refractivity contribution in [1.29, 1.82) is 0 Å². The van der Waals surface area contributed by atoms with Crippen LogP contribution in [-0.2, 0) is 4.79 Å². The molecule has 0 aromatic carbocycles. The van der Waals surface area contributed by atoms with Crippen LogP contribution in [-0.4, -0.2) is 55.5 Å². The normalized spacial score (nSPS) is 11.1. The molecular formula is C11H25N3O. The highest BCUT2D eigenvalue weighted by Gasteiger charge is 2.18. The summed E-state index contributed by atoms with van der Waals surface area (Å²) in [4.78, 5) is 15.4. The van der Waals surface area contributed by atoms with E-state index >= 15 is 0 Å². The smallest absolute Gasteiger partial charge is 0.236 e. The molecular weight excluding hydrogens is 190 g/mol. The summed E-state index contributed by atoms with van der Waals surface area (Å²) in [5, 5.41) is 0. The SMILES string of the molecule is CCC(CC)N(CCN)CC(=O)N(C)C. The molecule has 0 radical (unpaired) electrons. The number of amides is 1. The maximum atomic E-state index is 11.6. The second kappa shape index (κ2) is 7.65. The number of hydrogen-bond acceptors (Lipinski definition) is 3. The minimum atomic E-state index is 0.148. The van der Waals surface area contributed by atoms with Crippen LogP contribution in [0.15, 0.2) is 0 Å². The summed E-state index contributed by atoms with van der Waals surface area (Å²) >= 11 is 0. The molecule has 0 saturated carbocycles. The van der Waals surface area contributed by atoms with Gasteiger partial charge in [0.05, 0.1) is 6.54 Å². The van der Waals surface area contributed by atoms with E-state index in [-0.39, 0.29) is 5.91 Å². The fourth-order valence-corrected chi connectivity index (χ4v) is 1.68. The highest BCUT2D eigenvalue weighted by Crippen LogP contribution is 2.07. The second-order valence-electron chi connectivity index (χ2n) is 4.02. The number of likely N-dealkylation sites (N-methyl/N-ethyl adjacent to an activating group) is 1. The average molecular weight is 215 g/mol. The minimum Gasteiger partial charge on any atom is -0.348 e. The standard InChI is InChI=1S/C11H25N3O/c1-5-10(6-2)14(8-7-12)9-11(15)13(3)4/h10H,5-9,12H2,1-4H3. The van der Waals surface area contributed by atoms with Gasteiger partial charge in [-0.05, 0) is 12.8 Å². The van der Waals surface area contributed by atoms with E-state index in [2.05, 4.69) is 18.7 Å². The quantitative estimate of drug-likeness (QED) is 0.674. The minimum absolute atomic E-state index is 0.148. The van der Waals surface area contributed by atoms with Crippen LogP contribution in [0.4, 0.5) is 0 Å². The summed E-state index contributed by atoms with van der Waals surface area (Å²) < 4.78 is 0.